The number of carboxylic acids is 3. The Bertz CT molecular complexity index is 773. The van der Waals surface area contributed by atoms with E-state index in [1.807, 2.05) is 0 Å². The maximum Gasteiger partial charge on any atom is 0.326 e. The van der Waals surface area contributed by atoms with Gasteiger partial charge in [0, 0.05) is 13.0 Å². The number of nitrogens with two attached hydrogens (primary N) is 1. The molecule has 0 bridgehead atoms. The van der Waals surface area contributed by atoms with Gasteiger partial charge in [-0.25, -0.2) is 4.79 Å². The minimum atomic E-state index is -1.40. The number of carboxylic acid groups (broad SMARTS) is 3. The molecule has 5 unspecified atom stereocenters. The second-order valence-electron chi connectivity index (χ2n) is 8.10. The molecule has 0 aromatic carbocycles. The zero-order valence-electron chi connectivity index (χ0n) is 18.7. The van der Waals surface area contributed by atoms with Crippen molar-refractivity contribution in [3.63, 3.8) is 0 Å². The fourth-order valence-electron chi connectivity index (χ4n) is 3.52. The topological polar surface area (TPSA) is 216 Å². The average molecular weight is 472 g/mol. The van der Waals surface area contributed by atoms with Gasteiger partial charge in [0.15, 0.2) is 0 Å². The summed E-state index contributed by atoms with van der Waals surface area (Å²) in [5.74, 6) is -6.48. The highest BCUT2D eigenvalue weighted by Crippen LogP contribution is 2.20. The van der Waals surface area contributed by atoms with Crippen molar-refractivity contribution in [1.82, 2.24) is 15.5 Å². The van der Waals surface area contributed by atoms with Gasteiger partial charge < -0.3 is 36.6 Å². The molecule has 0 aromatic rings. The van der Waals surface area contributed by atoms with Crippen LogP contribution in [0.2, 0.25) is 0 Å². The molecule has 186 valence electrons. The SMILES string of the molecule is CCC(C)C(NC(=O)C(N)CC(=O)O)C(=O)NC(CCC(=O)O)C(=O)N1CCCC1C(=O)O. The number of carbonyl (C=O) groups excluding carboxylic acids is 3. The van der Waals surface area contributed by atoms with E-state index in [0.717, 1.165) is 4.90 Å². The Balaban J connectivity index is 3.05. The minimum Gasteiger partial charge on any atom is -0.481 e. The quantitative estimate of drug-likeness (QED) is 0.187. The Kier molecular flexibility index (Phi) is 10.7. The summed E-state index contributed by atoms with van der Waals surface area (Å²) in [6.07, 6.45) is -0.239. The lowest BCUT2D eigenvalue weighted by Gasteiger charge is -2.30. The maximum absolute atomic E-state index is 13.0. The number of likely N-dealkylation sites (tertiary alicyclic amines) is 1. The summed E-state index contributed by atoms with van der Waals surface area (Å²) in [7, 11) is 0. The predicted octanol–water partition coefficient (Wildman–Crippen LogP) is -1.26. The standard InChI is InChI=1S/C20H32N4O9/c1-3-10(2)16(23-17(29)11(21)9-15(27)28)18(30)22-12(6-7-14(25)26)19(31)24-8-4-5-13(24)20(32)33/h10-13,16H,3-9,21H2,1-2H3,(H,22,30)(H,23,29)(H,25,26)(H,27,28)(H,32,33). The highest BCUT2D eigenvalue weighted by Gasteiger charge is 2.39. The number of hydrogen-bond acceptors (Lipinski definition) is 7. The van der Waals surface area contributed by atoms with Gasteiger partial charge in [0.1, 0.15) is 18.1 Å². The predicted molar refractivity (Wildman–Crippen MR) is 113 cm³/mol. The van der Waals surface area contributed by atoms with Gasteiger partial charge >= 0.3 is 17.9 Å². The van der Waals surface area contributed by atoms with Crippen LogP contribution in [0.5, 0.6) is 0 Å². The smallest absolute Gasteiger partial charge is 0.326 e. The molecule has 13 nitrogen and oxygen atoms in total. The van der Waals surface area contributed by atoms with E-state index in [4.69, 9.17) is 15.9 Å². The number of hydrogen-bond donors (Lipinski definition) is 6. The molecule has 0 saturated carbocycles. The van der Waals surface area contributed by atoms with Crippen LogP contribution in [0.4, 0.5) is 0 Å². The Hall–Kier alpha value is -3.22. The Labute approximate surface area is 190 Å². The zero-order chi connectivity index (χ0) is 25.3. The molecule has 1 heterocycles. The first-order valence-corrected chi connectivity index (χ1v) is 10.7. The molecule has 0 aliphatic carbocycles. The fourth-order valence-corrected chi connectivity index (χ4v) is 3.52. The molecule has 1 aliphatic rings. The summed E-state index contributed by atoms with van der Waals surface area (Å²) < 4.78 is 0. The van der Waals surface area contributed by atoms with Crippen LogP contribution in [0.3, 0.4) is 0 Å². The summed E-state index contributed by atoms with van der Waals surface area (Å²) in [6, 6.07) is -4.95. The van der Waals surface area contributed by atoms with Gasteiger partial charge in [0.05, 0.1) is 12.5 Å². The van der Waals surface area contributed by atoms with Crippen LogP contribution in [0.1, 0.15) is 52.4 Å². The third kappa shape index (κ3) is 8.33. The van der Waals surface area contributed by atoms with Crippen molar-refractivity contribution >= 4 is 35.6 Å². The van der Waals surface area contributed by atoms with Crippen LogP contribution in [-0.2, 0) is 28.8 Å². The molecular formula is C20H32N4O9. The van der Waals surface area contributed by atoms with Crippen molar-refractivity contribution in [2.24, 2.45) is 11.7 Å². The second kappa shape index (κ2) is 12.7. The van der Waals surface area contributed by atoms with Gasteiger partial charge in [-0.15, -0.1) is 0 Å². The number of carbonyl (C=O) groups is 6. The first-order valence-electron chi connectivity index (χ1n) is 10.7. The molecule has 0 radical (unpaired) electrons. The third-order valence-corrected chi connectivity index (χ3v) is 5.61. The average Bonchev–Trinajstić information content (AvgIpc) is 3.23. The zero-order valence-corrected chi connectivity index (χ0v) is 18.7. The van der Waals surface area contributed by atoms with Crippen molar-refractivity contribution in [2.75, 3.05) is 6.54 Å². The van der Waals surface area contributed by atoms with E-state index in [1.165, 1.54) is 0 Å². The lowest BCUT2D eigenvalue weighted by molar-refractivity contribution is -0.150. The van der Waals surface area contributed by atoms with Crippen molar-refractivity contribution in [2.45, 2.75) is 76.5 Å². The molecule has 33 heavy (non-hydrogen) atoms. The molecular weight excluding hydrogens is 440 g/mol. The highest BCUT2D eigenvalue weighted by atomic mass is 16.4. The van der Waals surface area contributed by atoms with E-state index in [0.29, 0.717) is 12.8 Å². The summed E-state index contributed by atoms with van der Waals surface area (Å²) in [5.41, 5.74) is 5.56. The molecule has 0 aromatic heterocycles. The summed E-state index contributed by atoms with van der Waals surface area (Å²) in [6.45, 7) is 3.57. The van der Waals surface area contributed by atoms with Crippen molar-refractivity contribution in [3.05, 3.63) is 0 Å². The Morgan fingerprint density at radius 3 is 2.18 bits per heavy atom. The van der Waals surface area contributed by atoms with Crippen LogP contribution in [0.25, 0.3) is 0 Å². The van der Waals surface area contributed by atoms with Crippen LogP contribution in [-0.4, -0.2) is 86.6 Å². The Morgan fingerprint density at radius 2 is 1.67 bits per heavy atom. The second-order valence-corrected chi connectivity index (χ2v) is 8.10. The van der Waals surface area contributed by atoms with Crippen molar-refractivity contribution < 1.29 is 44.1 Å². The molecule has 1 saturated heterocycles. The van der Waals surface area contributed by atoms with E-state index < -0.39 is 78.6 Å². The van der Waals surface area contributed by atoms with Crippen LogP contribution < -0.4 is 16.4 Å². The van der Waals surface area contributed by atoms with E-state index in [1.54, 1.807) is 13.8 Å². The van der Waals surface area contributed by atoms with Crippen LogP contribution in [0, 0.1) is 5.92 Å². The van der Waals surface area contributed by atoms with Gasteiger partial charge in [-0.05, 0) is 25.2 Å². The Morgan fingerprint density at radius 1 is 1.03 bits per heavy atom. The minimum absolute atomic E-state index is 0.158. The van der Waals surface area contributed by atoms with Crippen LogP contribution >= 0.6 is 0 Å². The van der Waals surface area contributed by atoms with Crippen LogP contribution in [0.15, 0.2) is 0 Å². The molecule has 5 atom stereocenters. The number of nitrogens with zero attached hydrogens (tertiary/aromatic N) is 1. The van der Waals surface area contributed by atoms with Crippen molar-refractivity contribution in [1.29, 1.82) is 0 Å². The van der Waals surface area contributed by atoms with E-state index in [9.17, 15) is 33.9 Å². The fraction of sp³-hybridized carbons (Fsp3) is 0.700. The third-order valence-electron chi connectivity index (χ3n) is 5.61. The number of amides is 3. The largest absolute Gasteiger partial charge is 0.481 e. The lowest BCUT2D eigenvalue weighted by atomic mass is 9.97. The first-order chi connectivity index (χ1) is 15.4. The summed E-state index contributed by atoms with van der Waals surface area (Å²) >= 11 is 0. The maximum atomic E-state index is 13.0. The van der Waals surface area contributed by atoms with E-state index in [2.05, 4.69) is 10.6 Å². The van der Waals surface area contributed by atoms with Gasteiger partial charge in [0.25, 0.3) is 0 Å². The molecule has 1 rings (SSSR count). The number of rotatable bonds is 13. The number of aliphatic carboxylic acids is 3. The summed E-state index contributed by atoms with van der Waals surface area (Å²) in [4.78, 5) is 72.7. The lowest BCUT2D eigenvalue weighted by Crippen LogP contribution is -2.58. The first kappa shape index (κ1) is 27.8. The van der Waals surface area contributed by atoms with Gasteiger partial charge in [-0.1, -0.05) is 20.3 Å². The van der Waals surface area contributed by atoms with Gasteiger partial charge in [-0.3, -0.25) is 24.0 Å². The molecule has 3 amide bonds. The summed E-state index contributed by atoms with van der Waals surface area (Å²) in [5, 5.41) is 32.0. The highest BCUT2D eigenvalue weighted by molar-refractivity contribution is 5.95. The molecule has 7 N–H and O–H groups in total. The van der Waals surface area contributed by atoms with E-state index in [-0.39, 0.29) is 19.4 Å². The molecule has 0 spiro atoms. The van der Waals surface area contributed by atoms with Crippen molar-refractivity contribution in [3.8, 4) is 0 Å². The number of nitrogens with one attached hydrogen (secondary N) is 2. The van der Waals surface area contributed by atoms with Gasteiger partial charge in [-0.2, -0.15) is 0 Å². The van der Waals surface area contributed by atoms with E-state index >= 15 is 0 Å². The molecule has 1 aliphatic heterocycles. The normalized spacial score (nSPS) is 19.1. The molecule has 1 fully saturated rings. The monoisotopic (exact) mass is 472 g/mol. The van der Waals surface area contributed by atoms with Gasteiger partial charge in [0.2, 0.25) is 17.7 Å². The molecule has 13 heteroatoms.